The lowest BCUT2D eigenvalue weighted by Gasteiger charge is -2.19. The van der Waals surface area contributed by atoms with Gasteiger partial charge in [-0.2, -0.15) is 0 Å². The molecule has 1 unspecified atom stereocenters. The first-order valence-corrected chi connectivity index (χ1v) is 23.6. The molecule has 0 rings (SSSR count). The van der Waals surface area contributed by atoms with Gasteiger partial charge in [-0.1, -0.05) is 159 Å². The number of allylic oxidation sites excluding steroid dienone is 8. The molecule has 9 nitrogen and oxygen atoms in total. The number of phosphoric ester groups is 1. The zero-order valence-electron chi connectivity index (χ0n) is 35.2. The van der Waals surface area contributed by atoms with Crippen molar-refractivity contribution < 1.29 is 37.6 Å². The Labute approximate surface area is 336 Å². The van der Waals surface area contributed by atoms with Crippen molar-refractivity contribution in [3.8, 4) is 0 Å². The number of carbonyl (C=O) groups excluding carboxylic acids is 2. The summed E-state index contributed by atoms with van der Waals surface area (Å²) in [6, 6.07) is 0. The van der Waals surface area contributed by atoms with Gasteiger partial charge in [-0.05, 0) is 70.6 Å². The van der Waals surface area contributed by atoms with Gasteiger partial charge in [-0.15, -0.1) is 0 Å². The summed E-state index contributed by atoms with van der Waals surface area (Å²) in [5.74, 6) is -0.850. The zero-order valence-corrected chi connectivity index (χ0v) is 36.0. The molecule has 0 fully saturated rings. The third-order valence-electron chi connectivity index (χ3n) is 9.20. The van der Waals surface area contributed by atoms with E-state index in [2.05, 4.69) is 62.5 Å². The molecule has 0 aromatic rings. The summed E-state index contributed by atoms with van der Waals surface area (Å²) in [5.41, 5.74) is 5.35. The Balaban J connectivity index is 4.14. The highest BCUT2D eigenvalue weighted by Crippen LogP contribution is 2.43. The van der Waals surface area contributed by atoms with Crippen molar-refractivity contribution in [2.75, 3.05) is 26.4 Å². The van der Waals surface area contributed by atoms with E-state index in [1.165, 1.54) is 89.9 Å². The third kappa shape index (κ3) is 41.4. The second-order valence-corrected chi connectivity index (χ2v) is 16.0. The van der Waals surface area contributed by atoms with E-state index in [4.69, 9.17) is 24.3 Å². The normalized spacial score (nSPS) is 13.7. The molecule has 55 heavy (non-hydrogen) atoms. The zero-order chi connectivity index (χ0) is 40.3. The van der Waals surface area contributed by atoms with Crippen LogP contribution in [0.1, 0.15) is 194 Å². The van der Waals surface area contributed by atoms with Crippen molar-refractivity contribution in [1.82, 2.24) is 0 Å². The van der Waals surface area contributed by atoms with Crippen LogP contribution in [-0.2, 0) is 32.7 Å². The summed E-state index contributed by atoms with van der Waals surface area (Å²) < 4.78 is 32.8. The van der Waals surface area contributed by atoms with Gasteiger partial charge in [-0.3, -0.25) is 18.6 Å². The molecular formula is C45H82NO8P. The van der Waals surface area contributed by atoms with Gasteiger partial charge in [0.1, 0.15) is 6.61 Å². The van der Waals surface area contributed by atoms with Crippen molar-refractivity contribution in [2.24, 2.45) is 5.73 Å². The fourth-order valence-electron chi connectivity index (χ4n) is 5.94. The third-order valence-corrected chi connectivity index (χ3v) is 10.2. The SMILES string of the molecule is CC/C=C\C/C=C\C/C=C\CCCCCCCC(=O)O[C@H](COC(=O)CCCCCCCCCCC/C=C\CCCCCCCC)COP(=O)(O)OCCN. The average Bonchev–Trinajstić information content (AvgIpc) is 3.17. The number of unbranched alkanes of at least 4 members (excludes halogenated alkanes) is 20. The van der Waals surface area contributed by atoms with Gasteiger partial charge in [0.25, 0.3) is 0 Å². The van der Waals surface area contributed by atoms with Gasteiger partial charge in [-0.25, -0.2) is 4.57 Å². The number of carbonyl (C=O) groups is 2. The number of esters is 2. The molecule has 0 aromatic heterocycles. The van der Waals surface area contributed by atoms with Crippen molar-refractivity contribution in [2.45, 2.75) is 200 Å². The fourth-order valence-corrected chi connectivity index (χ4v) is 6.70. The van der Waals surface area contributed by atoms with E-state index in [9.17, 15) is 19.0 Å². The van der Waals surface area contributed by atoms with Crippen LogP contribution < -0.4 is 5.73 Å². The fraction of sp³-hybridized carbons (Fsp3) is 0.778. The van der Waals surface area contributed by atoms with Gasteiger partial charge in [0, 0.05) is 19.4 Å². The van der Waals surface area contributed by atoms with Crippen LogP contribution in [-0.4, -0.2) is 49.3 Å². The Morgan fingerprint density at radius 2 is 1.00 bits per heavy atom. The van der Waals surface area contributed by atoms with E-state index >= 15 is 0 Å². The lowest BCUT2D eigenvalue weighted by atomic mass is 10.1. The highest BCUT2D eigenvalue weighted by atomic mass is 31.2. The van der Waals surface area contributed by atoms with Crippen LogP contribution >= 0.6 is 7.82 Å². The first-order valence-electron chi connectivity index (χ1n) is 22.1. The van der Waals surface area contributed by atoms with Crippen molar-refractivity contribution in [3.05, 3.63) is 48.6 Å². The molecule has 0 amide bonds. The lowest BCUT2D eigenvalue weighted by Crippen LogP contribution is -2.29. The van der Waals surface area contributed by atoms with Crippen LogP contribution in [0.25, 0.3) is 0 Å². The van der Waals surface area contributed by atoms with Crippen LogP contribution in [0.4, 0.5) is 0 Å². The number of hydrogen-bond donors (Lipinski definition) is 2. The highest BCUT2D eigenvalue weighted by Gasteiger charge is 2.26. The molecule has 0 saturated carbocycles. The maximum atomic E-state index is 12.6. The van der Waals surface area contributed by atoms with Crippen LogP contribution in [0, 0.1) is 0 Å². The van der Waals surface area contributed by atoms with Crippen molar-refractivity contribution in [3.63, 3.8) is 0 Å². The van der Waals surface area contributed by atoms with Crippen LogP contribution in [0.15, 0.2) is 48.6 Å². The first kappa shape index (κ1) is 53.0. The predicted octanol–water partition coefficient (Wildman–Crippen LogP) is 12.7. The van der Waals surface area contributed by atoms with E-state index in [1.807, 2.05) is 0 Å². The van der Waals surface area contributed by atoms with Gasteiger partial charge >= 0.3 is 19.8 Å². The van der Waals surface area contributed by atoms with Crippen LogP contribution in [0.5, 0.6) is 0 Å². The van der Waals surface area contributed by atoms with E-state index in [-0.39, 0.29) is 38.6 Å². The molecule has 0 aliphatic heterocycles. The second-order valence-electron chi connectivity index (χ2n) is 14.5. The minimum atomic E-state index is -4.38. The maximum absolute atomic E-state index is 12.6. The first-order chi connectivity index (χ1) is 26.8. The molecule has 0 aliphatic carbocycles. The Morgan fingerprint density at radius 3 is 1.51 bits per heavy atom. The standard InChI is InChI=1S/C45H82NO8P/c1-3-5-7-9-11-13-15-17-19-20-21-22-24-25-27-29-31-33-35-37-44(47)51-41-43(42-53-55(49,50)52-40-39-46)54-45(48)38-36-34-32-30-28-26-23-18-16-14-12-10-8-6-4-2/h6,8,12,14,17-19,23,43H,3-5,7,9-11,13,15-16,20-22,24-42,46H2,1-2H3,(H,49,50)/b8-6-,14-12-,19-17-,23-18-/t43-/m1/s1. The quantitative estimate of drug-likeness (QED) is 0.0268. The summed E-state index contributed by atoms with van der Waals surface area (Å²) >= 11 is 0. The van der Waals surface area contributed by atoms with E-state index in [1.54, 1.807) is 0 Å². The molecule has 320 valence electrons. The molecule has 0 spiro atoms. The molecule has 0 radical (unpaired) electrons. The van der Waals surface area contributed by atoms with Gasteiger partial charge in [0.05, 0.1) is 13.2 Å². The molecule has 3 N–H and O–H groups in total. The number of rotatable bonds is 41. The minimum Gasteiger partial charge on any atom is -0.462 e. The monoisotopic (exact) mass is 796 g/mol. The second kappa shape index (κ2) is 41.6. The molecule has 0 bridgehead atoms. The predicted molar refractivity (Wildman–Crippen MR) is 229 cm³/mol. The Kier molecular flexibility index (Phi) is 40.1. The summed E-state index contributed by atoms with van der Waals surface area (Å²) in [7, 11) is -4.38. The van der Waals surface area contributed by atoms with Crippen molar-refractivity contribution in [1.29, 1.82) is 0 Å². The Bertz CT molecular complexity index is 1040. The van der Waals surface area contributed by atoms with E-state index in [0.717, 1.165) is 70.6 Å². The van der Waals surface area contributed by atoms with Gasteiger partial charge in [0.2, 0.25) is 0 Å². The summed E-state index contributed by atoms with van der Waals surface area (Å²) in [6.45, 7) is 3.60. The molecule has 0 aliphatic rings. The van der Waals surface area contributed by atoms with Crippen LogP contribution in [0.3, 0.4) is 0 Å². The topological polar surface area (TPSA) is 134 Å². The lowest BCUT2D eigenvalue weighted by molar-refractivity contribution is -0.161. The molecule has 10 heteroatoms. The van der Waals surface area contributed by atoms with Gasteiger partial charge in [0.15, 0.2) is 6.10 Å². The Hall–Kier alpha value is -2.03. The summed E-state index contributed by atoms with van der Waals surface area (Å²) in [6.07, 6.45) is 47.1. The van der Waals surface area contributed by atoms with Gasteiger partial charge < -0.3 is 20.1 Å². The largest absolute Gasteiger partial charge is 0.472 e. The smallest absolute Gasteiger partial charge is 0.462 e. The number of nitrogens with two attached hydrogens (primary N) is 1. The number of phosphoric acid groups is 1. The number of hydrogen-bond acceptors (Lipinski definition) is 8. The number of ether oxygens (including phenoxy) is 2. The van der Waals surface area contributed by atoms with Crippen molar-refractivity contribution >= 4 is 19.8 Å². The molecule has 0 aromatic carbocycles. The van der Waals surface area contributed by atoms with E-state index in [0.29, 0.717) is 6.42 Å². The van der Waals surface area contributed by atoms with E-state index < -0.39 is 26.5 Å². The molecular weight excluding hydrogens is 713 g/mol. The Morgan fingerprint density at radius 1 is 0.564 bits per heavy atom. The molecule has 0 heterocycles. The highest BCUT2D eigenvalue weighted by molar-refractivity contribution is 7.47. The summed E-state index contributed by atoms with van der Waals surface area (Å²) in [4.78, 5) is 34.9. The minimum absolute atomic E-state index is 0.0488. The maximum Gasteiger partial charge on any atom is 0.472 e. The molecule has 2 atom stereocenters. The molecule has 0 saturated heterocycles. The van der Waals surface area contributed by atoms with Crippen LogP contribution in [0.2, 0.25) is 0 Å². The average molecular weight is 796 g/mol. The summed E-state index contributed by atoms with van der Waals surface area (Å²) in [5, 5.41) is 0.